The Morgan fingerprint density at radius 2 is 1.76 bits per heavy atom. The first kappa shape index (κ1) is 35.2. The molecular formula is C35H39BF2N2O8S. The summed E-state index contributed by atoms with van der Waals surface area (Å²) in [6, 6.07) is 12.1. The number of ether oxygens (including phenoxy) is 2. The van der Waals surface area contributed by atoms with E-state index < -0.39 is 47.1 Å². The smallest absolute Gasteiger partial charge is 0.455 e. The number of methoxy groups -OCH3 is 1. The molecule has 2 aliphatic rings. The summed E-state index contributed by atoms with van der Waals surface area (Å²) in [7, 11) is 1.98. The maximum atomic E-state index is 16.1. The van der Waals surface area contributed by atoms with Crippen molar-refractivity contribution in [3.8, 4) is 11.3 Å². The Hall–Kier alpha value is -3.66. The lowest BCUT2D eigenvalue weighted by molar-refractivity contribution is -0.0389. The summed E-state index contributed by atoms with van der Waals surface area (Å²) in [5.74, 6) is -1.12. The predicted octanol–water partition coefficient (Wildman–Crippen LogP) is 6.18. The van der Waals surface area contributed by atoms with E-state index in [1.54, 1.807) is 12.1 Å². The molecule has 260 valence electrons. The zero-order chi connectivity index (χ0) is 35.2. The summed E-state index contributed by atoms with van der Waals surface area (Å²) < 4.78 is 84.0. The lowest BCUT2D eigenvalue weighted by Crippen LogP contribution is -2.41. The highest BCUT2D eigenvalue weighted by Gasteiger charge is 2.53. The molecule has 1 atom stereocenters. The fourth-order valence-electron chi connectivity index (χ4n) is 6.04. The normalized spacial score (nSPS) is 17.4. The van der Waals surface area contributed by atoms with Gasteiger partial charge in [-0.15, -0.1) is 0 Å². The monoisotopic (exact) mass is 696 g/mol. The van der Waals surface area contributed by atoms with E-state index in [2.05, 4.69) is 5.32 Å². The molecule has 2 heterocycles. The van der Waals surface area contributed by atoms with Crippen molar-refractivity contribution in [1.82, 2.24) is 5.32 Å². The maximum absolute atomic E-state index is 16.1. The van der Waals surface area contributed by atoms with Crippen molar-refractivity contribution in [3.05, 3.63) is 82.4 Å². The van der Waals surface area contributed by atoms with Gasteiger partial charge in [0.05, 0.1) is 35.6 Å². The number of benzene rings is 3. The Morgan fingerprint density at radius 3 is 2.35 bits per heavy atom. The van der Waals surface area contributed by atoms with Gasteiger partial charge in [-0.2, -0.15) is 0 Å². The van der Waals surface area contributed by atoms with Crippen molar-refractivity contribution in [2.45, 2.75) is 70.8 Å². The highest BCUT2D eigenvalue weighted by molar-refractivity contribution is 7.80. The van der Waals surface area contributed by atoms with Crippen molar-refractivity contribution >= 4 is 46.4 Å². The van der Waals surface area contributed by atoms with Gasteiger partial charge in [0.25, 0.3) is 17.2 Å². The number of hydrogen-bond donors (Lipinski definition) is 2. The number of carbonyl (C=O) groups is 1. The van der Waals surface area contributed by atoms with Crippen LogP contribution in [-0.4, -0.2) is 53.9 Å². The molecule has 1 unspecified atom stereocenters. The molecular weight excluding hydrogens is 657 g/mol. The number of halogens is 2. The number of nitrogens with zero attached hydrogens (tertiary/aromatic N) is 1. The molecule has 3 aromatic carbocycles. The summed E-state index contributed by atoms with van der Waals surface area (Å²) in [5.41, 5.74) is 1.82. The molecule has 49 heavy (non-hydrogen) atoms. The van der Waals surface area contributed by atoms with E-state index in [1.165, 1.54) is 48.8 Å². The third-order valence-electron chi connectivity index (χ3n) is 9.42. The molecule has 1 saturated carbocycles. The molecule has 0 bridgehead atoms. The molecule has 10 nitrogen and oxygen atoms in total. The predicted molar refractivity (Wildman–Crippen MR) is 183 cm³/mol. The second-order valence-corrected chi connectivity index (χ2v) is 14.2. The molecule has 2 fully saturated rings. The van der Waals surface area contributed by atoms with E-state index in [0.29, 0.717) is 33.3 Å². The summed E-state index contributed by atoms with van der Waals surface area (Å²) in [5, 5.41) is 3.17. The third-order valence-corrected chi connectivity index (χ3v) is 10.1. The highest BCUT2D eigenvalue weighted by atomic mass is 32.2. The van der Waals surface area contributed by atoms with Crippen LogP contribution in [0.4, 0.5) is 14.5 Å². The van der Waals surface area contributed by atoms with E-state index in [4.69, 9.17) is 23.2 Å². The van der Waals surface area contributed by atoms with Crippen LogP contribution in [0, 0.1) is 11.6 Å². The summed E-state index contributed by atoms with van der Waals surface area (Å²) in [4.78, 5) is 13.2. The van der Waals surface area contributed by atoms with Gasteiger partial charge in [-0.3, -0.25) is 13.7 Å². The number of hydrogen-bond acceptors (Lipinski definition) is 7. The summed E-state index contributed by atoms with van der Waals surface area (Å²) in [6.07, 6.45) is 1.70. The molecule has 1 saturated heterocycles. The third kappa shape index (κ3) is 6.90. The fraction of sp³-hybridized carbons (Fsp3) is 0.400. The topological polar surface area (TPSA) is 120 Å². The van der Waals surface area contributed by atoms with Crippen molar-refractivity contribution in [1.29, 1.82) is 0 Å². The molecule has 4 aromatic rings. The molecule has 1 aromatic heterocycles. The Labute approximate surface area is 286 Å². The molecule has 1 aliphatic carbocycles. The number of amides is 1. The minimum Gasteiger partial charge on any atom is -0.455 e. The molecule has 1 aliphatic heterocycles. The molecule has 0 spiro atoms. The molecule has 0 radical (unpaired) electrons. The summed E-state index contributed by atoms with van der Waals surface area (Å²) in [6.45, 7) is 7.29. The van der Waals surface area contributed by atoms with Gasteiger partial charge >= 0.3 is 7.12 Å². The second kappa shape index (κ2) is 13.6. The number of carbonyl (C=O) groups excluding carboxylic acids is 1. The quantitative estimate of drug-likeness (QED) is 0.0781. The lowest BCUT2D eigenvalue weighted by Gasteiger charge is -2.32. The Balaban J connectivity index is 1.43. The van der Waals surface area contributed by atoms with Gasteiger partial charge in [-0.25, -0.2) is 13.0 Å². The van der Waals surface area contributed by atoms with Crippen molar-refractivity contribution in [3.63, 3.8) is 0 Å². The van der Waals surface area contributed by atoms with Crippen LogP contribution in [0.2, 0.25) is 0 Å². The van der Waals surface area contributed by atoms with Crippen LogP contribution in [0.5, 0.6) is 0 Å². The zero-order valence-electron chi connectivity index (χ0n) is 28.2. The number of fused-ring (bicyclic) bond motifs is 1. The maximum Gasteiger partial charge on any atom is 0.498 e. The van der Waals surface area contributed by atoms with Crippen LogP contribution in [0.1, 0.15) is 73.5 Å². The number of rotatable bonds is 12. The second-order valence-electron chi connectivity index (χ2n) is 13.3. The van der Waals surface area contributed by atoms with Crippen LogP contribution >= 0.6 is 0 Å². The van der Waals surface area contributed by atoms with E-state index in [1.807, 2.05) is 33.8 Å². The molecule has 14 heteroatoms. The van der Waals surface area contributed by atoms with Gasteiger partial charge in [-0.1, -0.05) is 6.07 Å². The van der Waals surface area contributed by atoms with Crippen LogP contribution in [0.3, 0.4) is 0 Å². The van der Waals surface area contributed by atoms with E-state index in [0.717, 1.165) is 18.4 Å². The first-order valence-corrected chi connectivity index (χ1v) is 17.0. The SMILES string of the molecule is CNC(=O)c1c(-c2ccc(F)cc2)oc2cc(N(Cc3cc(F)c(B4OC(C)(C)C(C)(C)O4)c(COCOC)c3)S(=O)O)c(C3CC3)cc12. The van der Waals surface area contributed by atoms with Crippen LogP contribution in [0.15, 0.2) is 52.9 Å². The van der Waals surface area contributed by atoms with Crippen LogP contribution in [-0.2, 0) is 43.2 Å². The van der Waals surface area contributed by atoms with Crippen LogP contribution < -0.4 is 15.1 Å². The highest BCUT2D eigenvalue weighted by Crippen LogP contribution is 2.48. The standard InChI is InChI=1S/C35H39BF2N2O8S/c1-34(2)35(3,4)48-36(47-34)31-23(18-45-19-44-6)13-20(14-27(31)38)17-40(49(42)43)28-16-29-26(15-25(28)21-7-8-21)30(33(41)39-5)32(46-29)22-9-11-24(37)12-10-22/h9-16,21H,7-8,17-19H2,1-6H3,(H,39,41)(H,42,43). The van der Waals surface area contributed by atoms with Gasteiger partial charge in [0.2, 0.25) is 0 Å². The number of anilines is 1. The average Bonchev–Trinajstić information content (AvgIpc) is 3.78. The summed E-state index contributed by atoms with van der Waals surface area (Å²) >= 11 is -2.54. The average molecular weight is 697 g/mol. The Kier molecular flexibility index (Phi) is 9.75. The first-order valence-electron chi connectivity index (χ1n) is 15.9. The van der Waals surface area contributed by atoms with Gasteiger partial charge in [-0.05, 0) is 99.5 Å². The zero-order valence-corrected chi connectivity index (χ0v) is 29.0. The van der Waals surface area contributed by atoms with Gasteiger partial charge in [0, 0.05) is 36.6 Å². The first-order chi connectivity index (χ1) is 23.2. The Bertz CT molecular complexity index is 1900. The lowest BCUT2D eigenvalue weighted by atomic mass is 9.75. The fourth-order valence-corrected chi connectivity index (χ4v) is 6.63. The van der Waals surface area contributed by atoms with Crippen LogP contribution in [0.25, 0.3) is 22.3 Å². The minimum atomic E-state index is -2.54. The number of nitrogens with one attached hydrogen (secondary N) is 1. The molecule has 2 N–H and O–H groups in total. The van der Waals surface area contributed by atoms with Crippen molar-refractivity contribution in [2.75, 3.05) is 25.3 Å². The molecule has 6 rings (SSSR count). The van der Waals surface area contributed by atoms with Gasteiger partial charge in [0.1, 0.15) is 29.8 Å². The molecule has 1 amide bonds. The van der Waals surface area contributed by atoms with Gasteiger partial charge < -0.3 is 28.5 Å². The van der Waals surface area contributed by atoms with Gasteiger partial charge in [0.15, 0.2) is 0 Å². The van der Waals surface area contributed by atoms with E-state index >= 15 is 4.39 Å². The largest absolute Gasteiger partial charge is 0.498 e. The van der Waals surface area contributed by atoms with Crippen molar-refractivity contribution < 1.29 is 45.5 Å². The van der Waals surface area contributed by atoms with E-state index in [9.17, 15) is 17.9 Å². The van der Waals surface area contributed by atoms with E-state index in [-0.39, 0.29) is 42.6 Å². The number of furan rings is 1. The minimum absolute atomic E-state index is 0.0274. The Morgan fingerprint density at radius 1 is 1.08 bits per heavy atom. The van der Waals surface area contributed by atoms with Crippen molar-refractivity contribution in [2.24, 2.45) is 0 Å².